The van der Waals surface area contributed by atoms with Gasteiger partial charge in [0.05, 0.1) is 22.0 Å². The molecule has 4 N–H and O–H groups in total. The number of pyridine rings is 2. The third-order valence-electron chi connectivity index (χ3n) is 6.89. The van der Waals surface area contributed by atoms with Gasteiger partial charge in [-0.05, 0) is 76.1 Å². The highest BCUT2D eigenvalue weighted by atomic mass is 35.5. The predicted octanol–water partition coefficient (Wildman–Crippen LogP) is 7.11. The van der Waals surface area contributed by atoms with Crippen LogP contribution in [-0.4, -0.2) is 82.8 Å². The number of fused-ring (bicyclic) bond motifs is 1. The lowest BCUT2D eigenvalue weighted by atomic mass is 10.0. The van der Waals surface area contributed by atoms with Crippen molar-refractivity contribution in [2.24, 2.45) is 4.40 Å². The average molecular weight is 659 g/mol. The fraction of sp³-hybridized carbons (Fsp3) is 0.519. The van der Waals surface area contributed by atoms with Gasteiger partial charge in [0.25, 0.3) is 0 Å². The summed E-state index contributed by atoms with van der Waals surface area (Å²) in [4.78, 5) is 36.5. The second kappa shape index (κ2) is 11.8. The summed E-state index contributed by atoms with van der Waals surface area (Å²) in [6, 6.07) is 2.39. The van der Waals surface area contributed by atoms with Crippen molar-refractivity contribution in [1.82, 2.24) is 19.8 Å². The van der Waals surface area contributed by atoms with Crippen molar-refractivity contribution < 1.29 is 28.5 Å². The van der Waals surface area contributed by atoms with Crippen LogP contribution in [0.1, 0.15) is 71.2 Å². The minimum Gasteiger partial charge on any atom is -0.465 e. The molecule has 236 valence electrons. The number of piperazine rings is 1. The van der Waals surface area contributed by atoms with Crippen molar-refractivity contribution in [2.75, 3.05) is 22.7 Å². The smallest absolute Gasteiger partial charge is 0.413 e. The summed E-state index contributed by atoms with van der Waals surface area (Å²) >= 11 is 12.8. The zero-order valence-corrected chi connectivity index (χ0v) is 27.5. The summed E-state index contributed by atoms with van der Waals surface area (Å²) in [5.41, 5.74) is 0.969. The number of ether oxygens (including phenoxy) is 1. The second-order valence-electron chi connectivity index (χ2n) is 12.0. The molecule has 2 atom stereocenters. The molecule has 2 aromatic heterocycles. The number of carbonyl (C=O) groups is 2. The third kappa shape index (κ3) is 6.73. The van der Waals surface area contributed by atoms with E-state index in [4.69, 9.17) is 27.9 Å². The van der Waals surface area contributed by atoms with E-state index in [1.165, 1.54) is 9.21 Å². The normalized spacial score (nSPS) is 20.9. The molecule has 0 unspecified atom stereocenters. The minimum absolute atomic E-state index is 0.0566. The van der Waals surface area contributed by atoms with Gasteiger partial charge < -0.3 is 19.6 Å². The van der Waals surface area contributed by atoms with E-state index in [0.717, 1.165) is 0 Å². The Balaban J connectivity index is 1.86. The first-order chi connectivity index (χ1) is 19.8. The number of hydrogen-bond acceptors (Lipinski definition) is 10. The Morgan fingerprint density at radius 2 is 1.77 bits per heavy atom. The molecule has 2 aromatic rings. The van der Waals surface area contributed by atoms with Crippen LogP contribution in [0.3, 0.4) is 0 Å². The standard InChI is InChI=1S/C27H37Cl2N7O6S/c1-13(2)20-21(14(3)9-19(30-20)31-25(37)42-27(6,7)8)36-23-17(10-18(28)22(29)32-23)24(33-43(36,40)41)34-11-16(5)35(26(38)39)12-15(34)4/h9-10,13,15-16,40-41H,11-12H2,1-8H3,(H,38,39)(H,30,31,37)/t15-,16+/m0/s1. The first-order valence-electron chi connectivity index (χ1n) is 13.6. The number of carboxylic acid groups (broad SMARTS) is 1. The molecule has 43 heavy (non-hydrogen) atoms. The van der Waals surface area contributed by atoms with Crippen molar-refractivity contribution >= 4 is 69.5 Å². The van der Waals surface area contributed by atoms with E-state index in [1.54, 1.807) is 46.8 Å². The fourth-order valence-electron chi connectivity index (χ4n) is 5.05. The van der Waals surface area contributed by atoms with Crippen LogP contribution in [0, 0.1) is 6.92 Å². The van der Waals surface area contributed by atoms with Crippen molar-refractivity contribution in [2.45, 2.75) is 79.0 Å². The van der Waals surface area contributed by atoms with Crippen LogP contribution in [0.5, 0.6) is 0 Å². The van der Waals surface area contributed by atoms with E-state index < -0.39 is 34.8 Å². The highest BCUT2D eigenvalue weighted by Gasteiger charge is 2.43. The van der Waals surface area contributed by atoms with Crippen LogP contribution in [0.2, 0.25) is 10.2 Å². The van der Waals surface area contributed by atoms with Crippen molar-refractivity contribution in [3.63, 3.8) is 0 Å². The molecular formula is C27H37Cl2N7O6S. The van der Waals surface area contributed by atoms with Gasteiger partial charge in [0.15, 0.2) is 11.7 Å². The lowest BCUT2D eigenvalue weighted by Gasteiger charge is -2.49. The Bertz CT molecular complexity index is 1480. The molecule has 16 heteroatoms. The molecule has 4 rings (SSSR count). The molecule has 0 bridgehead atoms. The lowest BCUT2D eigenvalue weighted by molar-refractivity contribution is 0.0634. The number of nitrogens with zero attached hydrogens (tertiary/aromatic N) is 6. The number of carbonyl (C=O) groups excluding carboxylic acids is 1. The van der Waals surface area contributed by atoms with E-state index in [0.29, 0.717) is 22.5 Å². The maximum absolute atomic E-state index is 12.5. The summed E-state index contributed by atoms with van der Waals surface area (Å²) in [5.74, 6) is 0.283. The molecule has 4 heterocycles. The fourth-order valence-corrected chi connectivity index (χ4v) is 6.71. The van der Waals surface area contributed by atoms with Crippen LogP contribution in [0.15, 0.2) is 16.5 Å². The quantitative estimate of drug-likeness (QED) is 0.250. The lowest BCUT2D eigenvalue weighted by Crippen LogP contribution is -2.59. The summed E-state index contributed by atoms with van der Waals surface area (Å²) in [6.07, 6.45) is -1.72. The molecule has 1 saturated heterocycles. The highest BCUT2D eigenvalue weighted by molar-refractivity contribution is 8.24. The molecule has 1 fully saturated rings. The Morgan fingerprint density at radius 3 is 2.35 bits per heavy atom. The average Bonchev–Trinajstić information content (AvgIpc) is 2.85. The maximum atomic E-state index is 12.5. The van der Waals surface area contributed by atoms with E-state index in [-0.39, 0.29) is 52.7 Å². The summed E-state index contributed by atoms with van der Waals surface area (Å²) in [5, 5.41) is 12.3. The van der Waals surface area contributed by atoms with E-state index >= 15 is 0 Å². The van der Waals surface area contributed by atoms with Gasteiger partial charge in [0, 0.05) is 25.2 Å². The topological polar surface area (TPSA) is 164 Å². The summed E-state index contributed by atoms with van der Waals surface area (Å²) in [7, 11) is -3.99. The molecule has 2 amide bonds. The van der Waals surface area contributed by atoms with Gasteiger partial charge >= 0.3 is 12.2 Å². The molecule has 13 nitrogen and oxygen atoms in total. The highest BCUT2D eigenvalue weighted by Crippen LogP contribution is 2.58. The van der Waals surface area contributed by atoms with Gasteiger partial charge in [-0.1, -0.05) is 37.0 Å². The van der Waals surface area contributed by atoms with Gasteiger partial charge in [-0.15, -0.1) is 4.40 Å². The first kappa shape index (κ1) is 32.9. The molecule has 0 spiro atoms. The summed E-state index contributed by atoms with van der Waals surface area (Å²) in [6.45, 7) is 14.8. The Morgan fingerprint density at radius 1 is 1.12 bits per heavy atom. The molecule has 2 aliphatic heterocycles. The SMILES string of the molecule is Cc1cc(NC(=O)OC(C)(C)C)nc(C(C)C)c1N1c2nc(Cl)c(Cl)cc2C(N2C[C@@H](C)N(C(=O)O)C[C@@H]2C)=NS1(O)O. The van der Waals surface area contributed by atoms with Gasteiger partial charge in [-0.3, -0.25) is 14.4 Å². The van der Waals surface area contributed by atoms with Gasteiger partial charge in [0.2, 0.25) is 0 Å². The molecule has 0 saturated carbocycles. The number of amides is 2. The largest absolute Gasteiger partial charge is 0.465 e. The molecule has 0 aromatic carbocycles. The zero-order valence-electron chi connectivity index (χ0n) is 25.2. The van der Waals surface area contributed by atoms with Gasteiger partial charge in [-0.2, -0.15) is 4.31 Å². The van der Waals surface area contributed by atoms with Crippen molar-refractivity contribution in [1.29, 1.82) is 0 Å². The predicted molar refractivity (Wildman–Crippen MR) is 169 cm³/mol. The number of nitrogens with one attached hydrogen (secondary N) is 1. The zero-order chi connectivity index (χ0) is 32.2. The number of aromatic nitrogens is 2. The van der Waals surface area contributed by atoms with Crippen LogP contribution < -0.4 is 9.62 Å². The van der Waals surface area contributed by atoms with E-state index in [2.05, 4.69) is 19.7 Å². The summed E-state index contributed by atoms with van der Waals surface area (Å²) < 4.78 is 34.4. The third-order valence-corrected chi connectivity index (χ3v) is 8.83. The van der Waals surface area contributed by atoms with Crippen molar-refractivity contribution in [3.8, 4) is 0 Å². The van der Waals surface area contributed by atoms with Crippen LogP contribution in [-0.2, 0) is 4.74 Å². The van der Waals surface area contributed by atoms with Crippen LogP contribution >= 0.6 is 34.2 Å². The Labute approximate surface area is 262 Å². The number of hydrogen-bond donors (Lipinski definition) is 4. The van der Waals surface area contributed by atoms with Gasteiger partial charge in [0.1, 0.15) is 16.6 Å². The number of anilines is 3. The monoisotopic (exact) mass is 657 g/mol. The molecule has 0 aliphatic carbocycles. The first-order valence-corrected chi connectivity index (χ1v) is 15.8. The van der Waals surface area contributed by atoms with E-state index in [1.807, 2.05) is 25.7 Å². The minimum atomic E-state index is -3.99. The van der Waals surface area contributed by atoms with Crippen molar-refractivity contribution in [3.05, 3.63) is 39.1 Å². The van der Waals surface area contributed by atoms with Crippen LogP contribution in [0.25, 0.3) is 0 Å². The number of rotatable bonds is 3. The Kier molecular flexibility index (Phi) is 9.02. The molecule has 2 aliphatic rings. The number of amidine groups is 1. The molecule has 0 radical (unpaired) electrons. The maximum Gasteiger partial charge on any atom is 0.413 e. The van der Waals surface area contributed by atoms with Crippen LogP contribution in [0.4, 0.5) is 26.9 Å². The Hall–Kier alpha value is -3.04. The van der Waals surface area contributed by atoms with Gasteiger partial charge in [-0.25, -0.2) is 19.6 Å². The number of halogens is 2. The second-order valence-corrected chi connectivity index (χ2v) is 14.2. The molecular weight excluding hydrogens is 621 g/mol. The number of aryl methyl sites for hydroxylation is 1. The van der Waals surface area contributed by atoms with E-state index in [9.17, 15) is 23.8 Å².